The molecule has 3 heteroatoms. The van der Waals surface area contributed by atoms with Gasteiger partial charge in [-0.2, -0.15) is 0 Å². The molecule has 3 rings (SSSR count). The number of phenols is 1. The van der Waals surface area contributed by atoms with Crippen LogP contribution in [0, 0.1) is 5.92 Å². The SMILES string of the molecule is Oc1ccc(SCOCC2CC2)c2ccccc12. The van der Waals surface area contributed by atoms with Crippen molar-refractivity contribution < 1.29 is 9.84 Å². The van der Waals surface area contributed by atoms with Gasteiger partial charge in [0.15, 0.2) is 0 Å². The van der Waals surface area contributed by atoms with Gasteiger partial charge in [-0.15, -0.1) is 0 Å². The molecule has 1 aliphatic rings. The number of hydrogen-bond donors (Lipinski definition) is 1. The number of fused-ring (bicyclic) bond motifs is 1. The minimum atomic E-state index is 0.342. The second kappa shape index (κ2) is 5.21. The van der Waals surface area contributed by atoms with E-state index in [1.54, 1.807) is 17.8 Å². The minimum absolute atomic E-state index is 0.342. The van der Waals surface area contributed by atoms with Gasteiger partial charge in [-0.05, 0) is 36.3 Å². The zero-order valence-corrected chi connectivity index (χ0v) is 11.0. The maximum Gasteiger partial charge on any atom is 0.123 e. The Morgan fingerprint density at radius 3 is 2.67 bits per heavy atom. The van der Waals surface area contributed by atoms with Crippen molar-refractivity contribution in [1.82, 2.24) is 0 Å². The summed E-state index contributed by atoms with van der Waals surface area (Å²) in [6.07, 6.45) is 2.65. The van der Waals surface area contributed by atoms with Gasteiger partial charge in [0.05, 0.1) is 12.5 Å². The lowest BCUT2D eigenvalue weighted by atomic mass is 10.1. The maximum absolute atomic E-state index is 9.81. The van der Waals surface area contributed by atoms with Crippen molar-refractivity contribution in [1.29, 1.82) is 0 Å². The number of phenolic OH excluding ortho intramolecular Hbond substituents is 1. The molecule has 0 radical (unpaired) electrons. The Balaban J connectivity index is 1.72. The normalized spacial score (nSPS) is 15.1. The Hall–Kier alpha value is -1.19. The van der Waals surface area contributed by atoms with E-state index in [9.17, 15) is 5.11 Å². The highest BCUT2D eigenvalue weighted by Gasteiger charge is 2.21. The fourth-order valence-electron chi connectivity index (χ4n) is 1.99. The highest BCUT2D eigenvalue weighted by molar-refractivity contribution is 7.99. The quantitative estimate of drug-likeness (QED) is 0.500. The molecule has 94 valence electrons. The number of aromatic hydroxyl groups is 1. The molecule has 0 aliphatic heterocycles. The van der Waals surface area contributed by atoms with E-state index in [2.05, 4.69) is 0 Å². The number of ether oxygens (including phenoxy) is 1. The van der Waals surface area contributed by atoms with Crippen LogP contribution in [-0.2, 0) is 4.74 Å². The summed E-state index contributed by atoms with van der Waals surface area (Å²) in [5.74, 6) is 1.83. The summed E-state index contributed by atoms with van der Waals surface area (Å²) in [7, 11) is 0. The summed E-state index contributed by atoms with van der Waals surface area (Å²) >= 11 is 1.70. The summed E-state index contributed by atoms with van der Waals surface area (Å²) in [4.78, 5) is 1.17. The highest BCUT2D eigenvalue weighted by Crippen LogP contribution is 2.34. The molecule has 0 atom stereocenters. The van der Waals surface area contributed by atoms with Crippen LogP contribution in [0.1, 0.15) is 12.8 Å². The maximum atomic E-state index is 9.81. The second-order valence-corrected chi connectivity index (χ2v) is 5.67. The number of hydrogen-bond acceptors (Lipinski definition) is 3. The molecule has 0 heterocycles. The first-order chi connectivity index (χ1) is 8.84. The van der Waals surface area contributed by atoms with Crippen LogP contribution in [0.15, 0.2) is 41.3 Å². The van der Waals surface area contributed by atoms with Crippen LogP contribution in [0.4, 0.5) is 0 Å². The first kappa shape index (κ1) is 11.9. The molecular weight excluding hydrogens is 244 g/mol. The van der Waals surface area contributed by atoms with E-state index in [4.69, 9.17) is 4.74 Å². The van der Waals surface area contributed by atoms with Crippen molar-refractivity contribution in [2.45, 2.75) is 17.7 Å². The van der Waals surface area contributed by atoms with Crippen LogP contribution in [-0.4, -0.2) is 17.7 Å². The van der Waals surface area contributed by atoms with Gasteiger partial charge in [0.1, 0.15) is 5.75 Å². The van der Waals surface area contributed by atoms with Gasteiger partial charge in [-0.1, -0.05) is 36.0 Å². The van der Waals surface area contributed by atoms with E-state index in [-0.39, 0.29) is 0 Å². The van der Waals surface area contributed by atoms with Crippen LogP contribution < -0.4 is 0 Å². The van der Waals surface area contributed by atoms with E-state index < -0.39 is 0 Å². The Kier molecular flexibility index (Phi) is 3.43. The third kappa shape index (κ3) is 2.62. The zero-order chi connectivity index (χ0) is 12.4. The van der Waals surface area contributed by atoms with E-state index >= 15 is 0 Å². The molecule has 18 heavy (non-hydrogen) atoms. The van der Waals surface area contributed by atoms with Crippen LogP contribution in [0.25, 0.3) is 10.8 Å². The molecular formula is C15H16O2S. The van der Waals surface area contributed by atoms with Crippen molar-refractivity contribution >= 4 is 22.5 Å². The molecule has 1 N–H and O–H groups in total. The van der Waals surface area contributed by atoms with Crippen LogP contribution in [0.5, 0.6) is 5.75 Å². The van der Waals surface area contributed by atoms with Crippen LogP contribution >= 0.6 is 11.8 Å². The van der Waals surface area contributed by atoms with Gasteiger partial charge in [0.25, 0.3) is 0 Å². The molecule has 0 amide bonds. The van der Waals surface area contributed by atoms with Gasteiger partial charge >= 0.3 is 0 Å². The molecule has 0 aromatic heterocycles. The van der Waals surface area contributed by atoms with Crippen LogP contribution in [0.3, 0.4) is 0 Å². The van der Waals surface area contributed by atoms with E-state index in [0.29, 0.717) is 11.7 Å². The Morgan fingerprint density at radius 2 is 1.89 bits per heavy atom. The topological polar surface area (TPSA) is 29.5 Å². The van der Waals surface area contributed by atoms with Gasteiger partial charge in [0.2, 0.25) is 0 Å². The molecule has 0 unspecified atom stereocenters. The van der Waals surface area contributed by atoms with Crippen molar-refractivity contribution in [3.8, 4) is 5.75 Å². The third-order valence-electron chi connectivity index (χ3n) is 3.21. The third-order valence-corrected chi connectivity index (χ3v) is 4.16. The highest BCUT2D eigenvalue weighted by atomic mass is 32.2. The predicted octanol–water partition coefficient (Wildman–Crippen LogP) is 4.02. The summed E-state index contributed by atoms with van der Waals surface area (Å²) in [6, 6.07) is 11.6. The largest absolute Gasteiger partial charge is 0.507 e. The van der Waals surface area contributed by atoms with E-state index in [0.717, 1.165) is 23.3 Å². The average Bonchev–Trinajstić information content (AvgIpc) is 3.21. The first-order valence-corrected chi connectivity index (χ1v) is 7.24. The predicted molar refractivity (Wildman–Crippen MR) is 75.0 cm³/mol. The van der Waals surface area contributed by atoms with E-state index in [1.807, 2.05) is 30.3 Å². The number of benzene rings is 2. The lowest BCUT2D eigenvalue weighted by Crippen LogP contribution is -1.95. The summed E-state index contributed by atoms with van der Waals surface area (Å²) in [5, 5.41) is 11.8. The van der Waals surface area contributed by atoms with E-state index in [1.165, 1.54) is 17.7 Å². The monoisotopic (exact) mass is 260 g/mol. The average molecular weight is 260 g/mol. The fraction of sp³-hybridized carbons (Fsp3) is 0.333. The van der Waals surface area contributed by atoms with Crippen molar-refractivity contribution in [2.24, 2.45) is 5.92 Å². The van der Waals surface area contributed by atoms with Crippen molar-refractivity contribution in [3.05, 3.63) is 36.4 Å². The van der Waals surface area contributed by atoms with Gasteiger partial charge < -0.3 is 9.84 Å². The van der Waals surface area contributed by atoms with Gasteiger partial charge in [-0.3, -0.25) is 0 Å². The Labute approximate surface area is 111 Å². The Morgan fingerprint density at radius 1 is 1.11 bits per heavy atom. The summed E-state index contributed by atoms with van der Waals surface area (Å²) in [6.45, 7) is 0.892. The molecule has 0 saturated heterocycles. The van der Waals surface area contributed by atoms with Crippen LogP contribution in [0.2, 0.25) is 0 Å². The smallest absolute Gasteiger partial charge is 0.123 e. The Bertz CT molecular complexity index is 549. The molecule has 2 aromatic rings. The number of rotatable bonds is 5. The number of thioether (sulfide) groups is 1. The fourth-order valence-corrected chi connectivity index (χ4v) is 2.79. The molecule has 1 fully saturated rings. The lowest BCUT2D eigenvalue weighted by molar-refractivity contribution is 0.171. The molecule has 1 saturated carbocycles. The van der Waals surface area contributed by atoms with Crippen molar-refractivity contribution in [3.63, 3.8) is 0 Å². The molecule has 0 spiro atoms. The first-order valence-electron chi connectivity index (χ1n) is 6.26. The second-order valence-electron chi connectivity index (χ2n) is 4.70. The van der Waals surface area contributed by atoms with Crippen molar-refractivity contribution in [2.75, 3.05) is 12.5 Å². The molecule has 2 nitrogen and oxygen atoms in total. The molecule has 0 bridgehead atoms. The molecule has 1 aliphatic carbocycles. The lowest BCUT2D eigenvalue weighted by Gasteiger charge is -2.08. The van der Waals surface area contributed by atoms with Gasteiger partial charge in [-0.25, -0.2) is 0 Å². The standard InChI is InChI=1S/C15H16O2S/c16-14-7-8-15(13-4-2-1-3-12(13)14)18-10-17-9-11-5-6-11/h1-4,7-8,11,16H,5-6,9-10H2. The van der Waals surface area contributed by atoms with Gasteiger partial charge in [0, 0.05) is 10.3 Å². The molecule has 2 aromatic carbocycles. The summed E-state index contributed by atoms with van der Waals surface area (Å²) < 4.78 is 5.64. The summed E-state index contributed by atoms with van der Waals surface area (Å²) in [5.41, 5.74) is 0. The minimum Gasteiger partial charge on any atom is -0.507 e. The zero-order valence-electron chi connectivity index (χ0n) is 10.1.